The Kier molecular flexibility index (Phi) is 3.62. The summed E-state index contributed by atoms with van der Waals surface area (Å²) in [5, 5.41) is 0. The van der Waals surface area contributed by atoms with Gasteiger partial charge in [0.25, 0.3) is 0 Å². The Labute approximate surface area is 97.8 Å². The van der Waals surface area contributed by atoms with Crippen molar-refractivity contribution in [1.29, 1.82) is 0 Å². The van der Waals surface area contributed by atoms with E-state index >= 15 is 0 Å². The molecule has 0 spiro atoms. The molecule has 1 aromatic rings. The summed E-state index contributed by atoms with van der Waals surface area (Å²) in [5.74, 6) is 0. The Bertz CT molecular complexity index is 323. The van der Waals surface area contributed by atoms with Crippen LogP contribution in [0.15, 0.2) is 24.3 Å². The van der Waals surface area contributed by atoms with Crippen LogP contribution in [0.5, 0.6) is 0 Å². The molecule has 2 N–H and O–H groups in total. The maximum Gasteiger partial charge on any atom is 0.0525 e. The lowest BCUT2D eigenvalue weighted by atomic mass is 9.81. The highest BCUT2D eigenvalue weighted by Crippen LogP contribution is 2.40. The maximum atomic E-state index is 5.63. The quantitative estimate of drug-likeness (QED) is 0.823. The molecule has 2 nitrogen and oxygen atoms in total. The largest absolute Gasteiger partial charge is 0.384 e. The van der Waals surface area contributed by atoms with Crippen LogP contribution in [-0.2, 0) is 17.6 Å². The normalized spacial score (nSPS) is 17.4. The van der Waals surface area contributed by atoms with Crippen LogP contribution in [0.2, 0.25) is 0 Å². The highest BCUT2D eigenvalue weighted by molar-refractivity contribution is 5.34. The van der Waals surface area contributed by atoms with Gasteiger partial charge in [-0.3, -0.25) is 0 Å². The summed E-state index contributed by atoms with van der Waals surface area (Å²) in [7, 11) is 1.80. The van der Waals surface area contributed by atoms with E-state index < -0.39 is 0 Å². The minimum atomic E-state index is 0.303. The predicted molar refractivity (Wildman–Crippen MR) is 66.4 cm³/mol. The van der Waals surface area contributed by atoms with Crippen LogP contribution in [-0.4, -0.2) is 20.3 Å². The van der Waals surface area contributed by atoms with Gasteiger partial charge >= 0.3 is 0 Å². The Morgan fingerprint density at radius 1 is 1.25 bits per heavy atom. The second kappa shape index (κ2) is 4.98. The van der Waals surface area contributed by atoms with E-state index in [-0.39, 0.29) is 0 Å². The molecule has 2 rings (SSSR count). The van der Waals surface area contributed by atoms with Crippen LogP contribution in [0, 0.1) is 5.41 Å². The topological polar surface area (TPSA) is 35.2 Å². The SMILES string of the molecule is COCC1(CCCN)Cc2ccccc2C1. The molecule has 0 heterocycles. The number of fused-ring (bicyclic) bond motifs is 1. The van der Waals surface area contributed by atoms with Gasteiger partial charge in [0.05, 0.1) is 6.61 Å². The summed E-state index contributed by atoms with van der Waals surface area (Å²) < 4.78 is 5.42. The van der Waals surface area contributed by atoms with Crippen molar-refractivity contribution in [3.8, 4) is 0 Å². The average Bonchev–Trinajstić information content (AvgIpc) is 2.65. The molecule has 0 aromatic heterocycles. The summed E-state index contributed by atoms with van der Waals surface area (Å²) in [6.07, 6.45) is 4.57. The number of hydrogen-bond donors (Lipinski definition) is 1. The lowest BCUT2D eigenvalue weighted by Crippen LogP contribution is -2.28. The number of rotatable bonds is 5. The van der Waals surface area contributed by atoms with Gasteiger partial charge in [0.2, 0.25) is 0 Å². The van der Waals surface area contributed by atoms with Crippen molar-refractivity contribution >= 4 is 0 Å². The molecule has 1 aromatic carbocycles. The first-order valence-corrected chi connectivity index (χ1v) is 6.05. The molecule has 0 saturated heterocycles. The summed E-state index contributed by atoms with van der Waals surface area (Å²) >= 11 is 0. The molecule has 2 heteroatoms. The van der Waals surface area contributed by atoms with Crippen molar-refractivity contribution in [3.63, 3.8) is 0 Å². The number of nitrogens with two attached hydrogens (primary N) is 1. The van der Waals surface area contributed by atoms with Crippen molar-refractivity contribution < 1.29 is 4.74 Å². The van der Waals surface area contributed by atoms with E-state index in [9.17, 15) is 0 Å². The van der Waals surface area contributed by atoms with Gasteiger partial charge < -0.3 is 10.5 Å². The lowest BCUT2D eigenvalue weighted by molar-refractivity contribution is 0.0781. The van der Waals surface area contributed by atoms with E-state index in [0.717, 1.165) is 32.4 Å². The fraction of sp³-hybridized carbons (Fsp3) is 0.571. The summed E-state index contributed by atoms with van der Waals surface area (Å²) in [6.45, 7) is 1.63. The van der Waals surface area contributed by atoms with E-state index in [2.05, 4.69) is 24.3 Å². The highest BCUT2D eigenvalue weighted by Gasteiger charge is 2.36. The Morgan fingerprint density at radius 2 is 1.88 bits per heavy atom. The van der Waals surface area contributed by atoms with Crippen LogP contribution < -0.4 is 5.73 Å². The molecule has 1 aliphatic carbocycles. The standard InChI is InChI=1S/C14H21NO/c1-16-11-14(7-4-8-15)9-12-5-2-3-6-13(12)10-14/h2-3,5-6H,4,7-11,15H2,1H3. The number of hydrogen-bond acceptors (Lipinski definition) is 2. The van der Waals surface area contributed by atoms with Gasteiger partial charge in [-0.1, -0.05) is 24.3 Å². The van der Waals surface area contributed by atoms with E-state index in [1.165, 1.54) is 17.5 Å². The van der Waals surface area contributed by atoms with E-state index in [1.54, 1.807) is 7.11 Å². The zero-order valence-electron chi connectivity index (χ0n) is 10.0. The molecule has 1 aliphatic rings. The Morgan fingerprint density at radius 3 is 2.38 bits per heavy atom. The number of methoxy groups -OCH3 is 1. The van der Waals surface area contributed by atoms with Gasteiger partial charge in [0.15, 0.2) is 0 Å². The first-order valence-electron chi connectivity index (χ1n) is 6.05. The Balaban J connectivity index is 2.13. The van der Waals surface area contributed by atoms with Crippen molar-refractivity contribution in [2.75, 3.05) is 20.3 Å². The van der Waals surface area contributed by atoms with Crippen LogP contribution in [0.25, 0.3) is 0 Å². The molecule has 0 amide bonds. The van der Waals surface area contributed by atoms with Gasteiger partial charge in [-0.05, 0) is 43.4 Å². The van der Waals surface area contributed by atoms with E-state index in [1.807, 2.05) is 0 Å². The molecular weight excluding hydrogens is 198 g/mol. The Hall–Kier alpha value is -0.860. The van der Waals surface area contributed by atoms with Gasteiger partial charge in [-0.15, -0.1) is 0 Å². The lowest BCUT2D eigenvalue weighted by Gasteiger charge is -2.28. The first kappa shape index (κ1) is 11.6. The third-order valence-electron chi connectivity index (χ3n) is 3.61. The second-order valence-corrected chi connectivity index (χ2v) is 4.95. The van der Waals surface area contributed by atoms with Crippen molar-refractivity contribution in [2.45, 2.75) is 25.7 Å². The summed E-state index contributed by atoms with van der Waals surface area (Å²) in [4.78, 5) is 0. The highest BCUT2D eigenvalue weighted by atomic mass is 16.5. The molecule has 0 bridgehead atoms. The molecule has 0 atom stereocenters. The molecule has 0 radical (unpaired) electrons. The van der Waals surface area contributed by atoms with E-state index in [0.29, 0.717) is 5.41 Å². The molecule has 0 unspecified atom stereocenters. The van der Waals surface area contributed by atoms with E-state index in [4.69, 9.17) is 10.5 Å². The second-order valence-electron chi connectivity index (χ2n) is 4.95. The van der Waals surface area contributed by atoms with Gasteiger partial charge in [-0.25, -0.2) is 0 Å². The fourth-order valence-electron chi connectivity index (χ4n) is 2.91. The van der Waals surface area contributed by atoms with Crippen LogP contribution in [0.3, 0.4) is 0 Å². The number of benzene rings is 1. The van der Waals surface area contributed by atoms with Gasteiger partial charge in [0, 0.05) is 12.5 Å². The molecule has 0 aliphatic heterocycles. The van der Waals surface area contributed by atoms with Crippen molar-refractivity contribution in [1.82, 2.24) is 0 Å². The fourth-order valence-corrected chi connectivity index (χ4v) is 2.91. The molecule has 0 saturated carbocycles. The summed E-state index contributed by atoms with van der Waals surface area (Å²) in [6, 6.07) is 8.75. The zero-order chi connectivity index (χ0) is 11.4. The molecule has 88 valence electrons. The monoisotopic (exact) mass is 219 g/mol. The first-order chi connectivity index (χ1) is 7.79. The van der Waals surface area contributed by atoms with Crippen molar-refractivity contribution in [2.24, 2.45) is 11.1 Å². The molecule has 0 fully saturated rings. The molecular formula is C14H21NO. The van der Waals surface area contributed by atoms with Crippen LogP contribution >= 0.6 is 0 Å². The van der Waals surface area contributed by atoms with Gasteiger partial charge in [0.1, 0.15) is 0 Å². The minimum absolute atomic E-state index is 0.303. The van der Waals surface area contributed by atoms with Crippen LogP contribution in [0.1, 0.15) is 24.0 Å². The average molecular weight is 219 g/mol. The third-order valence-corrected chi connectivity index (χ3v) is 3.61. The van der Waals surface area contributed by atoms with Crippen LogP contribution in [0.4, 0.5) is 0 Å². The van der Waals surface area contributed by atoms with Crippen molar-refractivity contribution in [3.05, 3.63) is 35.4 Å². The third kappa shape index (κ3) is 2.28. The predicted octanol–water partition coefficient (Wildman–Crippen LogP) is 2.16. The number of ether oxygens (including phenoxy) is 1. The molecule has 16 heavy (non-hydrogen) atoms. The minimum Gasteiger partial charge on any atom is -0.384 e. The summed E-state index contributed by atoms with van der Waals surface area (Å²) in [5.41, 5.74) is 8.92. The smallest absolute Gasteiger partial charge is 0.0525 e. The zero-order valence-corrected chi connectivity index (χ0v) is 10.0. The maximum absolute atomic E-state index is 5.63. The van der Waals surface area contributed by atoms with Gasteiger partial charge in [-0.2, -0.15) is 0 Å².